The van der Waals surface area contributed by atoms with Crippen molar-refractivity contribution in [3.63, 3.8) is 0 Å². The SMILES string of the molecule is C#CCCC1(CCNC(=O)c2nc(C(F)(F)F)n3ccncc23)N=N1. The molecule has 1 amide bonds. The summed E-state index contributed by atoms with van der Waals surface area (Å²) in [5.41, 5.74) is -0.924. The molecule has 2 aromatic rings. The smallest absolute Gasteiger partial charge is 0.350 e. The van der Waals surface area contributed by atoms with Gasteiger partial charge in [0.05, 0.1) is 11.7 Å². The first-order valence-corrected chi connectivity index (χ1v) is 7.41. The molecule has 0 aliphatic carbocycles. The van der Waals surface area contributed by atoms with E-state index in [0.717, 1.165) is 16.8 Å². The summed E-state index contributed by atoms with van der Waals surface area (Å²) >= 11 is 0. The fourth-order valence-corrected chi connectivity index (χ4v) is 2.43. The van der Waals surface area contributed by atoms with Crippen molar-refractivity contribution in [1.82, 2.24) is 19.7 Å². The quantitative estimate of drug-likeness (QED) is 0.812. The van der Waals surface area contributed by atoms with Gasteiger partial charge in [-0.1, -0.05) is 0 Å². The van der Waals surface area contributed by atoms with Crippen molar-refractivity contribution in [1.29, 1.82) is 0 Å². The molecule has 0 saturated carbocycles. The molecule has 1 aliphatic heterocycles. The summed E-state index contributed by atoms with van der Waals surface area (Å²) in [7, 11) is 0. The number of carbonyl (C=O) groups excluding carboxylic acids is 1. The summed E-state index contributed by atoms with van der Waals surface area (Å²) in [6.07, 6.45) is 5.49. The Bertz CT molecular complexity index is 873. The lowest BCUT2D eigenvalue weighted by atomic mass is 10.0. The van der Waals surface area contributed by atoms with Gasteiger partial charge in [-0.3, -0.25) is 14.2 Å². The van der Waals surface area contributed by atoms with Crippen LogP contribution in [0.15, 0.2) is 28.8 Å². The van der Waals surface area contributed by atoms with Crippen LogP contribution in [0.1, 0.15) is 35.6 Å². The van der Waals surface area contributed by atoms with E-state index in [9.17, 15) is 18.0 Å². The van der Waals surface area contributed by atoms with Crippen LogP contribution in [0.5, 0.6) is 0 Å². The van der Waals surface area contributed by atoms with E-state index in [2.05, 4.69) is 31.4 Å². The van der Waals surface area contributed by atoms with Gasteiger partial charge < -0.3 is 5.32 Å². The van der Waals surface area contributed by atoms with Gasteiger partial charge in [0.15, 0.2) is 11.4 Å². The van der Waals surface area contributed by atoms with Crippen LogP contribution >= 0.6 is 0 Å². The van der Waals surface area contributed by atoms with Crippen LogP contribution in [0.4, 0.5) is 13.2 Å². The van der Waals surface area contributed by atoms with Gasteiger partial charge in [0.2, 0.25) is 5.82 Å². The predicted octanol–water partition coefficient (Wildman–Crippen LogP) is 2.44. The molecule has 1 N–H and O–H groups in total. The van der Waals surface area contributed by atoms with Crippen molar-refractivity contribution in [2.24, 2.45) is 10.2 Å². The number of carbonyl (C=O) groups is 1. The number of alkyl halides is 3. The number of terminal acetylenes is 1. The molecule has 0 aromatic carbocycles. The van der Waals surface area contributed by atoms with E-state index >= 15 is 0 Å². The second kappa shape index (κ2) is 6.16. The third-order valence-corrected chi connectivity index (χ3v) is 3.78. The van der Waals surface area contributed by atoms with Crippen LogP contribution in [0.3, 0.4) is 0 Å². The van der Waals surface area contributed by atoms with E-state index in [0.29, 0.717) is 19.3 Å². The predicted molar refractivity (Wildman–Crippen MR) is 80.6 cm³/mol. The second-order valence-electron chi connectivity index (χ2n) is 5.51. The van der Waals surface area contributed by atoms with Gasteiger partial charge in [0, 0.05) is 38.2 Å². The van der Waals surface area contributed by atoms with Crippen molar-refractivity contribution < 1.29 is 18.0 Å². The fourth-order valence-electron chi connectivity index (χ4n) is 2.43. The molecule has 0 radical (unpaired) electrons. The molecule has 10 heteroatoms. The Morgan fingerprint density at radius 3 is 2.76 bits per heavy atom. The number of aromatic nitrogens is 3. The summed E-state index contributed by atoms with van der Waals surface area (Å²) in [6, 6.07) is 0. The van der Waals surface area contributed by atoms with Crippen LogP contribution in [-0.4, -0.2) is 32.5 Å². The number of amides is 1. The van der Waals surface area contributed by atoms with E-state index in [4.69, 9.17) is 6.42 Å². The molecule has 3 heterocycles. The normalized spacial score (nSPS) is 15.1. The molecule has 2 aromatic heterocycles. The molecule has 0 spiro atoms. The Morgan fingerprint density at radius 2 is 2.12 bits per heavy atom. The molecule has 0 unspecified atom stereocenters. The molecule has 0 atom stereocenters. The number of nitrogens with zero attached hydrogens (tertiary/aromatic N) is 5. The van der Waals surface area contributed by atoms with E-state index < -0.39 is 23.6 Å². The maximum Gasteiger partial charge on any atom is 0.450 e. The molecule has 7 nitrogen and oxygen atoms in total. The van der Waals surface area contributed by atoms with Gasteiger partial charge in [-0.05, 0) is 0 Å². The molecule has 130 valence electrons. The summed E-state index contributed by atoms with van der Waals surface area (Å²) < 4.78 is 40.0. The number of rotatable bonds is 6. The molecule has 0 saturated heterocycles. The highest BCUT2D eigenvalue weighted by Gasteiger charge is 2.40. The Labute approximate surface area is 140 Å². The van der Waals surface area contributed by atoms with Gasteiger partial charge in [-0.15, -0.1) is 12.3 Å². The van der Waals surface area contributed by atoms with Crippen LogP contribution < -0.4 is 5.32 Å². The fraction of sp³-hybridized carbons (Fsp3) is 0.400. The lowest BCUT2D eigenvalue weighted by Crippen LogP contribution is -2.28. The summed E-state index contributed by atoms with van der Waals surface area (Å²) in [6.45, 7) is 0.192. The molecule has 0 bridgehead atoms. The lowest BCUT2D eigenvalue weighted by molar-refractivity contribution is -0.145. The largest absolute Gasteiger partial charge is 0.450 e. The molecule has 0 fully saturated rings. The van der Waals surface area contributed by atoms with Crippen molar-refractivity contribution in [3.8, 4) is 12.3 Å². The molecule has 25 heavy (non-hydrogen) atoms. The summed E-state index contributed by atoms with van der Waals surface area (Å²) in [4.78, 5) is 19.5. The first kappa shape index (κ1) is 16.9. The van der Waals surface area contributed by atoms with E-state index in [-0.39, 0.29) is 17.8 Å². The molecular formula is C15H13F3N6O. The maximum atomic E-state index is 13.1. The topological polar surface area (TPSA) is 84.0 Å². The third kappa shape index (κ3) is 3.45. The Balaban J connectivity index is 1.72. The molecular weight excluding hydrogens is 337 g/mol. The minimum Gasteiger partial charge on any atom is -0.350 e. The average Bonchev–Trinajstić information content (AvgIpc) is 3.21. The van der Waals surface area contributed by atoms with Crippen LogP contribution in [-0.2, 0) is 6.18 Å². The number of nitrogens with one attached hydrogen (secondary N) is 1. The van der Waals surface area contributed by atoms with Crippen molar-refractivity contribution in [2.45, 2.75) is 31.1 Å². The van der Waals surface area contributed by atoms with Crippen molar-refractivity contribution >= 4 is 11.4 Å². The number of halogens is 3. The summed E-state index contributed by atoms with van der Waals surface area (Å²) in [5.74, 6) is 0.605. The first-order chi connectivity index (χ1) is 11.9. The van der Waals surface area contributed by atoms with Crippen LogP contribution in [0, 0.1) is 12.3 Å². The monoisotopic (exact) mass is 350 g/mol. The van der Waals surface area contributed by atoms with Crippen LogP contribution in [0.2, 0.25) is 0 Å². The summed E-state index contributed by atoms with van der Waals surface area (Å²) in [5, 5.41) is 10.4. The highest BCUT2D eigenvalue weighted by molar-refractivity contribution is 5.99. The van der Waals surface area contributed by atoms with E-state index in [1.54, 1.807) is 0 Å². The second-order valence-corrected chi connectivity index (χ2v) is 5.51. The van der Waals surface area contributed by atoms with Gasteiger partial charge in [0.1, 0.15) is 0 Å². The Kier molecular flexibility index (Phi) is 4.16. The number of fused-ring (bicyclic) bond motifs is 1. The maximum absolute atomic E-state index is 13.1. The van der Waals surface area contributed by atoms with Gasteiger partial charge >= 0.3 is 6.18 Å². The highest BCUT2D eigenvalue weighted by Crippen LogP contribution is 2.36. The van der Waals surface area contributed by atoms with E-state index in [1.807, 2.05) is 0 Å². The first-order valence-electron chi connectivity index (χ1n) is 7.41. The molecule has 1 aliphatic rings. The zero-order valence-electron chi connectivity index (χ0n) is 12.9. The Hall–Kier alpha value is -2.96. The minimum atomic E-state index is -4.69. The van der Waals surface area contributed by atoms with Gasteiger partial charge in [0.25, 0.3) is 5.91 Å². The van der Waals surface area contributed by atoms with Crippen molar-refractivity contribution in [2.75, 3.05) is 6.54 Å². The minimum absolute atomic E-state index is 0.0184. The zero-order chi connectivity index (χ0) is 18.1. The number of hydrogen-bond acceptors (Lipinski definition) is 5. The number of hydrogen-bond donors (Lipinski definition) is 1. The van der Waals surface area contributed by atoms with Crippen molar-refractivity contribution in [3.05, 3.63) is 30.1 Å². The van der Waals surface area contributed by atoms with Crippen LogP contribution in [0.25, 0.3) is 5.52 Å². The van der Waals surface area contributed by atoms with Gasteiger partial charge in [-0.2, -0.15) is 23.4 Å². The zero-order valence-corrected chi connectivity index (χ0v) is 12.9. The highest BCUT2D eigenvalue weighted by atomic mass is 19.4. The lowest BCUT2D eigenvalue weighted by Gasteiger charge is -2.09. The van der Waals surface area contributed by atoms with E-state index in [1.165, 1.54) is 6.20 Å². The Morgan fingerprint density at radius 1 is 1.36 bits per heavy atom. The molecule has 3 rings (SSSR count). The third-order valence-electron chi connectivity index (χ3n) is 3.78. The number of imidazole rings is 1. The average molecular weight is 350 g/mol. The van der Waals surface area contributed by atoms with Gasteiger partial charge in [-0.25, -0.2) is 4.98 Å². The standard InChI is InChI=1S/C15H13F3N6O/c1-2-3-4-14(22-23-14)5-6-20-12(25)11-10-9-19-7-8-24(10)13(21-11)15(16,17)18/h1,7-9H,3-6H2,(H,20,25).